The molecule has 0 fully saturated rings. The van der Waals surface area contributed by atoms with Crippen molar-refractivity contribution < 1.29 is 5.11 Å². The van der Waals surface area contributed by atoms with Crippen LogP contribution in [-0.4, -0.2) is 25.0 Å². The predicted molar refractivity (Wildman–Crippen MR) is 125 cm³/mol. The molecule has 0 spiro atoms. The number of phenolic OH excluding ortho intramolecular Hbond substituents is 1. The molecule has 0 radical (unpaired) electrons. The minimum Gasteiger partial charge on any atom is -0.507 e. The lowest BCUT2D eigenvalue weighted by Gasteiger charge is -2.13. The van der Waals surface area contributed by atoms with Gasteiger partial charge in [-0.2, -0.15) is 0 Å². The van der Waals surface area contributed by atoms with Crippen LogP contribution >= 0.6 is 12.2 Å². The molecule has 2 heterocycles. The molecule has 6 aromatic rings. The summed E-state index contributed by atoms with van der Waals surface area (Å²) in [5.74, 6) is 0.207. The molecule has 0 aliphatic carbocycles. The van der Waals surface area contributed by atoms with Gasteiger partial charge in [0.25, 0.3) is 5.56 Å². The van der Waals surface area contributed by atoms with Crippen molar-refractivity contribution in [2.45, 2.75) is 0 Å². The van der Waals surface area contributed by atoms with Gasteiger partial charge in [-0.3, -0.25) is 9.78 Å². The first-order chi connectivity index (χ1) is 15.1. The van der Waals surface area contributed by atoms with E-state index in [-0.39, 0.29) is 16.0 Å². The summed E-state index contributed by atoms with van der Waals surface area (Å²) in [6, 6.07) is 21.3. The molecular formula is C24H14N4O2S. The summed E-state index contributed by atoms with van der Waals surface area (Å²) < 4.78 is 0.202. The molecule has 4 aromatic carbocycles. The summed E-state index contributed by atoms with van der Waals surface area (Å²) in [7, 11) is 0. The first-order valence-corrected chi connectivity index (χ1v) is 10.1. The van der Waals surface area contributed by atoms with Crippen LogP contribution in [0.15, 0.2) is 71.5 Å². The average molecular weight is 422 g/mol. The van der Waals surface area contributed by atoms with Crippen LogP contribution < -0.4 is 5.56 Å². The number of rotatable bonds is 1. The molecule has 0 unspecified atom stereocenters. The van der Waals surface area contributed by atoms with Crippen LogP contribution in [0.5, 0.6) is 5.75 Å². The maximum absolute atomic E-state index is 12.4. The van der Waals surface area contributed by atoms with Crippen LogP contribution in [0.1, 0.15) is 0 Å². The molecule has 0 aliphatic heterocycles. The number of nitrogens with zero attached hydrogens (tertiary/aromatic N) is 2. The number of hydrogen-bond donors (Lipinski definition) is 3. The summed E-state index contributed by atoms with van der Waals surface area (Å²) in [5, 5.41) is 14.6. The van der Waals surface area contributed by atoms with Crippen molar-refractivity contribution in [3.8, 4) is 16.9 Å². The number of aromatic amines is 2. The van der Waals surface area contributed by atoms with Crippen molar-refractivity contribution in [3.63, 3.8) is 0 Å². The molecule has 0 amide bonds. The second-order valence-electron chi connectivity index (χ2n) is 7.35. The Hall–Kier alpha value is -4.10. The highest BCUT2D eigenvalue weighted by Gasteiger charge is 2.16. The highest BCUT2D eigenvalue weighted by Crippen LogP contribution is 2.40. The Labute approximate surface area is 179 Å². The van der Waals surface area contributed by atoms with E-state index in [1.165, 1.54) is 0 Å². The smallest absolute Gasteiger partial charge is 0.279 e. The van der Waals surface area contributed by atoms with Crippen molar-refractivity contribution in [2.24, 2.45) is 0 Å². The largest absolute Gasteiger partial charge is 0.507 e. The van der Waals surface area contributed by atoms with E-state index in [0.717, 1.165) is 27.1 Å². The van der Waals surface area contributed by atoms with Crippen LogP contribution in [0.4, 0.5) is 0 Å². The van der Waals surface area contributed by atoms with Gasteiger partial charge in [0.15, 0.2) is 15.9 Å². The second kappa shape index (κ2) is 6.45. The number of aromatic nitrogens is 4. The summed E-state index contributed by atoms with van der Waals surface area (Å²) in [6.45, 7) is 0. The van der Waals surface area contributed by atoms with E-state index >= 15 is 0 Å². The number of nitrogens with one attached hydrogen (secondary N) is 2. The van der Waals surface area contributed by atoms with Gasteiger partial charge in [0.2, 0.25) is 0 Å². The second-order valence-corrected chi connectivity index (χ2v) is 7.76. The maximum Gasteiger partial charge on any atom is 0.279 e. The molecule has 6 rings (SSSR count). The average Bonchev–Trinajstić information content (AvgIpc) is 2.78. The fourth-order valence-electron chi connectivity index (χ4n) is 4.13. The van der Waals surface area contributed by atoms with Crippen molar-refractivity contribution >= 4 is 56.0 Å². The number of phenols is 1. The molecule has 7 heteroatoms. The van der Waals surface area contributed by atoms with Crippen molar-refractivity contribution in [1.29, 1.82) is 0 Å². The van der Waals surface area contributed by atoms with Gasteiger partial charge >= 0.3 is 0 Å². The van der Waals surface area contributed by atoms with Gasteiger partial charge in [-0.1, -0.05) is 54.6 Å². The Morgan fingerprint density at radius 1 is 0.774 bits per heavy atom. The minimum absolute atomic E-state index is 0.185. The summed E-state index contributed by atoms with van der Waals surface area (Å²) in [4.78, 5) is 27.1. The van der Waals surface area contributed by atoms with Crippen LogP contribution in [0, 0.1) is 4.77 Å². The first-order valence-electron chi connectivity index (χ1n) is 9.67. The Bertz CT molecular complexity index is 1800. The van der Waals surface area contributed by atoms with E-state index < -0.39 is 5.56 Å². The first kappa shape index (κ1) is 17.7. The van der Waals surface area contributed by atoms with Crippen LogP contribution in [0.25, 0.3) is 54.9 Å². The van der Waals surface area contributed by atoms with Gasteiger partial charge in [-0.25, -0.2) is 9.97 Å². The normalized spacial score (nSPS) is 11.6. The molecule has 31 heavy (non-hydrogen) atoms. The fourth-order valence-corrected chi connectivity index (χ4v) is 4.32. The van der Waals surface area contributed by atoms with E-state index in [9.17, 15) is 9.90 Å². The number of aromatic hydroxyl groups is 1. The van der Waals surface area contributed by atoms with E-state index in [2.05, 4.69) is 19.9 Å². The zero-order chi connectivity index (χ0) is 21.1. The Balaban J connectivity index is 1.78. The zero-order valence-corrected chi connectivity index (χ0v) is 16.8. The summed E-state index contributed by atoms with van der Waals surface area (Å²) in [5.41, 5.74) is 2.86. The molecule has 3 N–H and O–H groups in total. The quantitative estimate of drug-likeness (QED) is 0.192. The Kier molecular flexibility index (Phi) is 3.69. The third-order valence-electron chi connectivity index (χ3n) is 5.54. The lowest BCUT2D eigenvalue weighted by atomic mass is 9.94. The third-order valence-corrected chi connectivity index (χ3v) is 5.75. The van der Waals surface area contributed by atoms with Crippen LogP contribution in [0.2, 0.25) is 0 Å². The van der Waals surface area contributed by atoms with Crippen LogP contribution in [0.3, 0.4) is 0 Å². The highest BCUT2D eigenvalue weighted by atomic mass is 32.1. The molecule has 0 atom stereocenters. The van der Waals surface area contributed by atoms with Gasteiger partial charge in [0.1, 0.15) is 5.75 Å². The van der Waals surface area contributed by atoms with Gasteiger partial charge in [-0.05, 0) is 40.7 Å². The molecule has 6 nitrogen and oxygen atoms in total. The fraction of sp³-hybridized carbons (Fsp3) is 0. The van der Waals surface area contributed by atoms with E-state index in [1.54, 1.807) is 0 Å². The van der Waals surface area contributed by atoms with Gasteiger partial charge in [-0.15, -0.1) is 0 Å². The lowest BCUT2D eigenvalue weighted by molar-refractivity contribution is 0.483. The number of fused-ring (bicyclic) bond motifs is 5. The van der Waals surface area contributed by atoms with Gasteiger partial charge < -0.3 is 10.1 Å². The monoisotopic (exact) mass is 422 g/mol. The topological polar surface area (TPSA) is 94.7 Å². The number of H-pyrrole nitrogens is 2. The van der Waals surface area contributed by atoms with E-state index in [0.29, 0.717) is 22.2 Å². The summed E-state index contributed by atoms with van der Waals surface area (Å²) >= 11 is 5.08. The number of benzene rings is 4. The molecule has 0 aliphatic rings. The van der Waals surface area contributed by atoms with Gasteiger partial charge in [0.05, 0.1) is 11.0 Å². The Morgan fingerprint density at radius 3 is 2.35 bits per heavy atom. The van der Waals surface area contributed by atoms with Crippen molar-refractivity contribution in [3.05, 3.63) is 81.9 Å². The predicted octanol–water partition coefficient (Wildman–Crippen LogP) is 5.21. The molecule has 2 aromatic heterocycles. The van der Waals surface area contributed by atoms with Gasteiger partial charge in [0, 0.05) is 16.3 Å². The maximum atomic E-state index is 12.4. The standard InChI is InChI=1S/C24H14N4O2S/c29-21-13-6-2-1-5-12(13)9-10-16(21)17-11-18-19(15-8-4-3-7-14(15)17)26-22-20(25-18)23(30)28-24(31)27-22/h1-11,29H,(H2,26,27,28,30,31). The SMILES string of the molecule is O=c1[nH]c(=S)[nH]c2nc3c(cc(-c4ccc5ccccc5c4O)c4ccccc43)nc12. The molecule has 0 bridgehead atoms. The molecule has 0 saturated carbocycles. The minimum atomic E-state index is -0.392. The zero-order valence-electron chi connectivity index (χ0n) is 16.0. The van der Waals surface area contributed by atoms with Crippen molar-refractivity contribution in [1.82, 2.24) is 19.9 Å². The highest BCUT2D eigenvalue weighted by molar-refractivity contribution is 7.71. The molecular weight excluding hydrogens is 408 g/mol. The van der Waals surface area contributed by atoms with Crippen LogP contribution in [-0.2, 0) is 0 Å². The molecule has 148 valence electrons. The summed E-state index contributed by atoms with van der Waals surface area (Å²) in [6.07, 6.45) is 0. The Morgan fingerprint density at radius 2 is 1.52 bits per heavy atom. The number of hydrogen-bond acceptors (Lipinski definition) is 5. The van der Waals surface area contributed by atoms with Crippen molar-refractivity contribution in [2.75, 3.05) is 0 Å². The lowest BCUT2D eigenvalue weighted by Crippen LogP contribution is -2.10. The van der Waals surface area contributed by atoms with E-state index in [4.69, 9.17) is 12.2 Å². The molecule has 0 saturated heterocycles. The van der Waals surface area contributed by atoms with E-state index in [1.807, 2.05) is 66.7 Å². The third kappa shape index (κ3) is 2.64.